The van der Waals surface area contributed by atoms with Crippen LogP contribution in [0.3, 0.4) is 0 Å². The number of anilines is 1. The summed E-state index contributed by atoms with van der Waals surface area (Å²) in [4.78, 5) is 11.2. The summed E-state index contributed by atoms with van der Waals surface area (Å²) in [5, 5.41) is 7.90. The Morgan fingerprint density at radius 3 is 2.50 bits per heavy atom. The highest BCUT2D eigenvalue weighted by Crippen LogP contribution is 2.41. The van der Waals surface area contributed by atoms with Crippen molar-refractivity contribution in [1.29, 1.82) is 0 Å². The summed E-state index contributed by atoms with van der Waals surface area (Å²) in [7, 11) is 0. The van der Waals surface area contributed by atoms with E-state index in [1.165, 1.54) is 22.5 Å². The maximum atomic E-state index is 5.88. The van der Waals surface area contributed by atoms with Gasteiger partial charge >= 0.3 is 0 Å². The van der Waals surface area contributed by atoms with Crippen LogP contribution in [0.25, 0.3) is 0 Å². The van der Waals surface area contributed by atoms with Crippen LogP contribution in [0.5, 0.6) is 0 Å². The Bertz CT molecular complexity index is 1290. The van der Waals surface area contributed by atoms with E-state index >= 15 is 0 Å². The second-order valence-corrected chi connectivity index (χ2v) is 9.62. The normalized spacial score (nSPS) is 17.3. The summed E-state index contributed by atoms with van der Waals surface area (Å²) in [6.07, 6.45) is 6.53. The van der Waals surface area contributed by atoms with E-state index in [1.54, 1.807) is 0 Å². The largest absolute Gasteiger partial charge is 0.385 e. The number of aromatic nitrogens is 3. The van der Waals surface area contributed by atoms with Gasteiger partial charge in [-0.1, -0.05) is 24.3 Å². The molecule has 1 aliphatic rings. The van der Waals surface area contributed by atoms with E-state index in [1.807, 2.05) is 36.8 Å². The number of nitrogens with zero attached hydrogens (tertiary/aromatic N) is 4. The van der Waals surface area contributed by atoms with Crippen LogP contribution in [0, 0.1) is 13.8 Å². The highest BCUT2D eigenvalue weighted by molar-refractivity contribution is 7.80. The summed E-state index contributed by atoms with van der Waals surface area (Å²) in [6, 6.07) is 23.0. The molecular weight excluding hydrogens is 464 g/mol. The van der Waals surface area contributed by atoms with Gasteiger partial charge < -0.3 is 20.1 Å². The molecule has 5 rings (SSSR count). The van der Waals surface area contributed by atoms with Crippen LogP contribution in [0.4, 0.5) is 5.69 Å². The van der Waals surface area contributed by atoms with Crippen LogP contribution in [-0.2, 0) is 6.54 Å². The van der Waals surface area contributed by atoms with Crippen molar-refractivity contribution in [2.45, 2.75) is 38.9 Å². The molecule has 6 nitrogen and oxygen atoms in total. The lowest BCUT2D eigenvalue weighted by molar-refractivity contribution is 0.315. The molecule has 1 saturated heterocycles. The van der Waals surface area contributed by atoms with Crippen LogP contribution < -0.4 is 10.6 Å². The molecule has 4 aromatic rings. The molecule has 0 saturated carbocycles. The predicted octanol–water partition coefficient (Wildman–Crippen LogP) is 5.42. The zero-order chi connectivity index (χ0) is 24.9. The van der Waals surface area contributed by atoms with Crippen LogP contribution in [-0.4, -0.2) is 37.6 Å². The number of pyridine rings is 2. The third-order valence-electron chi connectivity index (χ3n) is 6.90. The molecule has 0 amide bonds. The molecule has 3 aromatic heterocycles. The standard InChI is InChI=1S/C29H32N6S/c1-21-19-25(22(2)35(21)20-23-12-16-30-17-13-23)28-27(26-11-6-7-14-32-26)33-29(36)34(28)18-8-15-31-24-9-4-3-5-10-24/h3-7,9-14,16-17,19,27-28,31H,8,15,18,20H2,1-2H3,(H,33,36)/t27-,28+/m0/s1. The van der Waals surface area contributed by atoms with Gasteiger partial charge in [-0.2, -0.15) is 0 Å². The smallest absolute Gasteiger partial charge is 0.170 e. The number of hydrogen-bond acceptors (Lipinski definition) is 4. The Kier molecular flexibility index (Phi) is 7.28. The van der Waals surface area contributed by atoms with Crippen LogP contribution in [0.15, 0.2) is 85.3 Å². The van der Waals surface area contributed by atoms with Crippen LogP contribution in [0.1, 0.15) is 46.7 Å². The van der Waals surface area contributed by atoms with E-state index < -0.39 is 0 Å². The summed E-state index contributed by atoms with van der Waals surface area (Å²) < 4.78 is 2.39. The van der Waals surface area contributed by atoms with Crippen molar-refractivity contribution < 1.29 is 0 Å². The topological polar surface area (TPSA) is 58.0 Å². The number of para-hydroxylation sites is 1. The van der Waals surface area contributed by atoms with Crippen molar-refractivity contribution in [2.75, 3.05) is 18.4 Å². The van der Waals surface area contributed by atoms with Crippen molar-refractivity contribution in [3.05, 3.63) is 114 Å². The zero-order valence-electron chi connectivity index (χ0n) is 20.8. The molecule has 7 heteroatoms. The molecule has 2 atom stereocenters. The summed E-state index contributed by atoms with van der Waals surface area (Å²) >= 11 is 5.88. The van der Waals surface area contributed by atoms with E-state index in [0.29, 0.717) is 0 Å². The molecule has 0 spiro atoms. The molecule has 1 aromatic carbocycles. The van der Waals surface area contributed by atoms with Crippen molar-refractivity contribution >= 4 is 23.0 Å². The second-order valence-electron chi connectivity index (χ2n) is 9.23. The predicted molar refractivity (Wildman–Crippen MR) is 149 cm³/mol. The van der Waals surface area contributed by atoms with Gasteiger partial charge in [0.25, 0.3) is 0 Å². The highest BCUT2D eigenvalue weighted by atomic mass is 32.1. The number of hydrogen-bond donors (Lipinski definition) is 2. The molecule has 1 fully saturated rings. The zero-order valence-corrected chi connectivity index (χ0v) is 21.6. The maximum absolute atomic E-state index is 5.88. The van der Waals surface area contributed by atoms with Gasteiger partial charge in [-0.3, -0.25) is 9.97 Å². The van der Waals surface area contributed by atoms with Gasteiger partial charge in [0, 0.05) is 55.3 Å². The molecular formula is C29H32N6S. The van der Waals surface area contributed by atoms with Crippen molar-refractivity contribution in [3.8, 4) is 0 Å². The quantitative estimate of drug-likeness (QED) is 0.238. The fourth-order valence-electron chi connectivity index (χ4n) is 5.06. The lowest BCUT2D eigenvalue weighted by Gasteiger charge is -2.28. The van der Waals surface area contributed by atoms with Gasteiger partial charge in [0.05, 0.1) is 17.8 Å². The van der Waals surface area contributed by atoms with E-state index in [4.69, 9.17) is 17.2 Å². The first kappa shape index (κ1) is 24.0. The highest BCUT2D eigenvalue weighted by Gasteiger charge is 2.41. The fraction of sp³-hybridized carbons (Fsp3) is 0.276. The molecule has 0 radical (unpaired) electrons. The average molecular weight is 497 g/mol. The second kappa shape index (κ2) is 10.9. The molecule has 184 valence electrons. The number of aryl methyl sites for hydroxylation is 1. The minimum Gasteiger partial charge on any atom is -0.385 e. The Labute approximate surface area is 218 Å². The van der Waals surface area contributed by atoms with Crippen LogP contribution in [0.2, 0.25) is 0 Å². The molecule has 0 unspecified atom stereocenters. The summed E-state index contributed by atoms with van der Waals surface area (Å²) in [6.45, 7) is 6.96. The lowest BCUT2D eigenvalue weighted by Crippen LogP contribution is -2.31. The monoisotopic (exact) mass is 496 g/mol. The van der Waals surface area contributed by atoms with Crippen LogP contribution >= 0.6 is 12.2 Å². The van der Waals surface area contributed by atoms with E-state index in [2.05, 4.69) is 87.5 Å². The third kappa shape index (κ3) is 5.11. The molecule has 0 aliphatic carbocycles. The van der Waals surface area contributed by atoms with E-state index in [9.17, 15) is 0 Å². The fourth-order valence-corrected chi connectivity index (χ4v) is 5.40. The first-order valence-electron chi connectivity index (χ1n) is 12.4. The van der Waals surface area contributed by atoms with Gasteiger partial charge in [-0.25, -0.2) is 0 Å². The van der Waals surface area contributed by atoms with Gasteiger partial charge in [-0.05, 0) is 86.1 Å². The Balaban J connectivity index is 1.41. The number of rotatable bonds is 9. The third-order valence-corrected chi connectivity index (χ3v) is 7.25. The summed E-state index contributed by atoms with van der Waals surface area (Å²) in [5.41, 5.74) is 7.18. The maximum Gasteiger partial charge on any atom is 0.170 e. The van der Waals surface area contributed by atoms with E-state index in [-0.39, 0.29) is 12.1 Å². The first-order chi connectivity index (χ1) is 17.6. The number of benzene rings is 1. The van der Waals surface area contributed by atoms with E-state index in [0.717, 1.165) is 42.5 Å². The van der Waals surface area contributed by atoms with Crippen molar-refractivity contribution in [3.63, 3.8) is 0 Å². The lowest BCUT2D eigenvalue weighted by atomic mass is 9.96. The van der Waals surface area contributed by atoms with Crippen molar-refractivity contribution in [1.82, 2.24) is 24.8 Å². The molecule has 4 heterocycles. The Hall–Kier alpha value is -3.71. The average Bonchev–Trinajstić information content (AvgIpc) is 3.38. The Morgan fingerprint density at radius 2 is 1.75 bits per heavy atom. The van der Waals surface area contributed by atoms with Gasteiger partial charge in [0.15, 0.2) is 5.11 Å². The van der Waals surface area contributed by atoms with Gasteiger partial charge in [0.1, 0.15) is 0 Å². The first-order valence-corrected chi connectivity index (χ1v) is 12.8. The van der Waals surface area contributed by atoms with Crippen molar-refractivity contribution in [2.24, 2.45) is 0 Å². The summed E-state index contributed by atoms with van der Waals surface area (Å²) in [5.74, 6) is 0. The minimum absolute atomic E-state index is 0.00402. The molecule has 2 N–H and O–H groups in total. The van der Waals surface area contributed by atoms with Gasteiger partial charge in [-0.15, -0.1) is 0 Å². The number of thiocarbonyl (C=S) groups is 1. The number of nitrogens with one attached hydrogen (secondary N) is 2. The minimum atomic E-state index is -0.00402. The molecule has 36 heavy (non-hydrogen) atoms. The Morgan fingerprint density at radius 1 is 0.972 bits per heavy atom. The molecule has 1 aliphatic heterocycles. The van der Waals surface area contributed by atoms with Gasteiger partial charge in [0.2, 0.25) is 0 Å². The SMILES string of the molecule is Cc1cc([C@@H]2[C@H](c3ccccn3)NC(=S)N2CCCNc2ccccc2)c(C)n1Cc1ccncc1. The molecule has 0 bridgehead atoms.